The molecule has 5 heteroatoms. The maximum Gasteiger partial charge on any atom is 0.339 e. The first-order valence-electron chi connectivity index (χ1n) is 4.63. The summed E-state index contributed by atoms with van der Waals surface area (Å²) in [5, 5.41) is 18.7. The molecule has 0 radical (unpaired) electrons. The summed E-state index contributed by atoms with van der Waals surface area (Å²) in [7, 11) is 1.38. The first-order valence-corrected chi connectivity index (χ1v) is 4.63. The summed E-state index contributed by atoms with van der Waals surface area (Å²) in [5.74, 6) is 0.306. The zero-order chi connectivity index (χ0) is 11.4. The molecule has 1 aromatic heterocycles. The van der Waals surface area contributed by atoms with E-state index in [1.807, 2.05) is 0 Å². The molecule has 0 aliphatic rings. The third kappa shape index (κ3) is 2.37. The van der Waals surface area contributed by atoms with Gasteiger partial charge in [-0.25, -0.2) is 4.79 Å². The van der Waals surface area contributed by atoms with E-state index in [0.29, 0.717) is 12.0 Å². The Labute approximate surface area is 86.9 Å². The average molecular weight is 214 g/mol. The molecule has 5 nitrogen and oxygen atoms in total. The van der Waals surface area contributed by atoms with Gasteiger partial charge in [0.25, 0.3) is 0 Å². The fourth-order valence-electron chi connectivity index (χ4n) is 1.31. The summed E-state index contributed by atoms with van der Waals surface area (Å²) in [4.78, 5) is 11.1. The predicted molar refractivity (Wildman–Crippen MR) is 52.7 cm³/mol. The third-order valence-electron chi connectivity index (χ3n) is 2.12. The van der Waals surface area contributed by atoms with Gasteiger partial charge in [0.1, 0.15) is 17.6 Å². The lowest BCUT2D eigenvalue weighted by molar-refractivity contribution is 0.133. The van der Waals surface area contributed by atoms with Crippen LogP contribution in [-0.2, 0) is 6.61 Å². The van der Waals surface area contributed by atoms with Crippen molar-refractivity contribution >= 4 is 0 Å². The second kappa shape index (κ2) is 4.95. The molecule has 1 atom stereocenters. The minimum absolute atomic E-state index is 0.0735. The molecule has 0 amide bonds. The SMILES string of the molecule is CCC(O)c1oc(=O)cc(OC)c1CO. The van der Waals surface area contributed by atoms with Crippen molar-refractivity contribution in [3.8, 4) is 5.75 Å². The minimum Gasteiger partial charge on any atom is -0.496 e. The molecule has 1 rings (SSSR count). The molecular formula is C10H14O5. The van der Waals surface area contributed by atoms with Crippen LogP contribution in [0.15, 0.2) is 15.3 Å². The Morgan fingerprint density at radius 3 is 2.73 bits per heavy atom. The van der Waals surface area contributed by atoms with Gasteiger partial charge in [0.05, 0.1) is 25.3 Å². The Balaban J connectivity index is 3.35. The number of aliphatic hydroxyl groups is 2. The van der Waals surface area contributed by atoms with Gasteiger partial charge < -0.3 is 19.4 Å². The van der Waals surface area contributed by atoms with E-state index in [4.69, 9.17) is 14.3 Å². The third-order valence-corrected chi connectivity index (χ3v) is 2.12. The van der Waals surface area contributed by atoms with E-state index in [-0.39, 0.29) is 18.1 Å². The molecule has 2 N–H and O–H groups in total. The van der Waals surface area contributed by atoms with Crippen LogP contribution in [0.5, 0.6) is 5.75 Å². The molecule has 0 aromatic carbocycles. The number of ether oxygens (including phenoxy) is 1. The van der Waals surface area contributed by atoms with Crippen molar-refractivity contribution in [3.63, 3.8) is 0 Å². The predicted octanol–water partition coefficient (Wildman–Crippen LogP) is 0.584. The van der Waals surface area contributed by atoms with Crippen LogP contribution >= 0.6 is 0 Å². The van der Waals surface area contributed by atoms with Crippen LogP contribution in [0.25, 0.3) is 0 Å². The standard InChI is InChI=1S/C10H14O5/c1-3-7(12)10-6(5-11)8(14-2)4-9(13)15-10/h4,7,11-12H,3,5H2,1-2H3. The number of methoxy groups -OCH3 is 1. The number of rotatable bonds is 4. The first-order chi connectivity index (χ1) is 7.13. The molecule has 0 aliphatic heterocycles. The van der Waals surface area contributed by atoms with Crippen LogP contribution in [0.1, 0.15) is 30.8 Å². The van der Waals surface area contributed by atoms with Gasteiger partial charge in [0.2, 0.25) is 0 Å². The van der Waals surface area contributed by atoms with E-state index in [1.165, 1.54) is 7.11 Å². The van der Waals surface area contributed by atoms with Gasteiger partial charge in [-0.3, -0.25) is 0 Å². The van der Waals surface area contributed by atoms with Crippen molar-refractivity contribution < 1.29 is 19.4 Å². The highest BCUT2D eigenvalue weighted by Crippen LogP contribution is 2.26. The Bertz CT molecular complexity index is 382. The largest absolute Gasteiger partial charge is 0.496 e. The zero-order valence-corrected chi connectivity index (χ0v) is 8.69. The molecule has 15 heavy (non-hydrogen) atoms. The van der Waals surface area contributed by atoms with Crippen LogP contribution < -0.4 is 10.4 Å². The summed E-state index contributed by atoms with van der Waals surface area (Å²) >= 11 is 0. The quantitative estimate of drug-likeness (QED) is 0.766. The van der Waals surface area contributed by atoms with Crippen molar-refractivity contribution in [2.24, 2.45) is 0 Å². The molecule has 0 saturated carbocycles. The number of hydrogen-bond acceptors (Lipinski definition) is 5. The minimum atomic E-state index is -0.907. The van der Waals surface area contributed by atoms with Crippen LogP contribution in [-0.4, -0.2) is 17.3 Å². The van der Waals surface area contributed by atoms with E-state index in [1.54, 1.807) is 6.92 Å². The highest BCUT2D eigenvalue weighted by molar-refractivity contribution is 5.34. The lowest BCUT2D eigenvalue weighted by Crippen LogP contribution is -2.10. The molecule has 0 spiro atoms. The number of aliphatic hydroxyl groups excluding tert-OH is 2. The van der Waals surface area contributed by atoms with Crippen molar-refractivity contribution in [3.05, 3.63) is 27.8 Å². The summed E-state index contributed by atoms with van der Waals surface area (Å²) in [5.41, 5.74) is -0.294. The molecular weight excluding hydrogens is 200 g/mol. The van der Waals surface area contributed by atoms with Crippen molar-refractivity contribution in [2.45, 2.75) is 26.1 Å². The lowest BCUT2D eigenvalue weighted by atomic mass is 10.1. The number of hydrogen-bond donors (Lipinski definition) is 2. The van der Waals surface area contributed by atoms with E-state index < -0.39 is 11.7 Å². The fraction of sp³-hybridized carbons (Fsp3) is 0.500. The average Bonchev–Trinajstić information content (AvgIpc) is 2.26. The van der Waals surface area contributed by atoms with Gasteiger partial charge in [-0.1, -0.05) is 6.92 Å². The second-order valence-corrected chi connectivity index (χ2v) is 3.06. The van der Waals surface area contributed by atoms with Gasteiger partial charge in [0, 0.05) is 0 Å². The van der Waals surface area contributed by atoms with Gasteiger partial charge in [-0.2, -0.15) is 0 Å². The van der Waals surface area contributed by atoms with E-state index in [2.05, 4.69) is 0 Å². The molecule has 0 fully saturated rings. The first kappa shape index (κ1) is 11.7. The van der Waals surface area contributed by atoms with Crippen molar-refractivity contribution in [2.75, 3.05) is 7.11 Å². The van der Waals surface area contributed by atoms with E-state index in [0.717, 1.165) is 6.07 Å². The second-order valence-electron chi connectivity index (χ2n) is 3.06. The highest BCUT2D eigenvalue weighted by atomic mass is 16.5. The normalized spacial score (nSPS) is 12.5. The maximum atomic E-state index is 11.1. The van der Waals surface area contributed by atoms with Gasteiger partial charge in [-0.15, -0.1) is 0 Å². The molecule has 84 valence electrons. The molecule has 0 bridgehead atoms. The van der Waals surface area contributed by atoms with Crippen molar-refractivity contribution in [1.82, 2.24) is 0 Å². The van der Waals surface area contributed by atoms with Crippen molar-refractivity contribution in [1.29, 1.82) is 0 Å². The highest BCUT2D eigenvalue weighted by Gasteiger charge is 2.18. The van der Waals surface area contributed by atoms with E-state index >= 15 is 0 Å². The molecule has 1 heterocycles. The monoisotopic (exact) mass is 214 g/mol. The molecule has 0 aliphatic carbocycles. The van der Waals surface area contributed by atoms with Gasteiger partial charge >= 0.3 is 5.63 Å². The fourth-order valence-corrected chi connectivity index (χ4v) is 1.31. The Kier molecular flexibility index (Phi) is 3.88. The van der Waals surface area contributed by atoms with Crippen LogP contribution in [0, 0.1) is 0 Å². The van der Waals surface area contributed by atoms with E-state index in [9.17, 15) is 9.90 Å². The summed E-state index contributed by atoms with van der Waals surface area (Å²) in [6, 6.07) is 1.14. The Morgan fingerprint density at radius 2 is 2.27 bits per heavy atom. The maximum absolute atomic E-state index is 11.1. The van der Waals surface area contributed by atoms with Crippen LogP contribution in [0.2, 0.25) is 0 Å². The summed E-state index contributed by atoms with van der Waals surface area (Å²) in [6.45, 7) is 1.39. The van der Waals surface area contributed by atoms with Gasteiger partial charge in [0.15, 0.2) is 0 Å². The van der Waals surface area contributed by atoms with Crippen LogP contribution in [0.4, 0.5) is 0 Å². The molecule has 1 aromatic rings. The lowest BCUT2D eigenvalue weighted by Gasteiger charge is -2.13. The Morgan fingerprint density at radius 1 is 1.60 bits per heavy atom. The Hall–Kier alpha value is -1.33. The molecule has 1 unspecified atom stereocenters. The van der Waals surface area contributed by atoms with Crippen LogP contribution in [0.3, 0.4) is 0 Å². The van der Waals surface area contributed by atoms with Gasteiger partial charge in [-0.05, 0) is 6.42 Å². The summed E-state index contributed by atoms with van der Waals surface area (Å²) in [6.07, 6.45) is -0.515. The zero-order valence-electron chi connectivity index (χ0n) is 8.69. The topological polar surface area (TPSA) is 79.9 Å². The molecule has 0 saturated heterocycles. The smallest absolute Gasteiger partial charge is 0.339 e. The summed E-state index contributed by atoms with van der Waals surface area (Å²) < 4.78 is 9.77.